The van der Waals surface area contributed by atoms with Crippen LogP contribution in [0.3, 0.4) is 0 Å². The topological polar surface area (TPSA) is 54.4 Å². The van der Waals surface area contributed by atoms with E-state index in [-0.39, 0.29) is 18.0 Å². The molecule has 1 aliphatic carbocycles. The molecule has 0 saturated heterocycles. The molecule has 1 N–H and O–H groups in total. The first-order chi connectivity index (χ1) is 8.18. The molecular weight excluding hydrogens is 216 g/mol. The minimum absolute atomic E-state index is 0.0317. The number of carbonyl (C=O) groups excluding carboxylic acids is 2. The number of aliphatic hydroxyl groups is 1. The van der Waals surface area contributed by atoms with Crippen molar-refractivity contribution in [1.82, 2.24) is 0 Å². The van der Waals surface area contributed by atoms with Crippen molar-refractivity contribution < 1.29 is 14.7 Å². The van der Waals surface area contributed by atoms with Gasteiger partial charge in [0.05, 0.1) is 0 Å². The molecule has 1 aliphatic rings. The van der Waals surface area contributed by atoms with Gasteiger partial charge in [0, 0.05) is 12.0 Å². The molecule has 1 aromatic carbocycles. The van der Waals surface area contributed by atoms with Crippen LogP contribution in [0.5, 0.6) is 0 Å². The maximum absolute atomic E-state index is 11.9. The third kappa shape index (κ3) is 2.57. The van der Waals surface area contributed by atoms with Gasteiger partial charge in [0.15, 0.2) is 11.6 Å². The lowest BCUT2D eigenvalue weighted by molar-refractivity contribution is -0.123. The molecule has 86 valence electrons. The van der Waals surface area contributed by atoms with Crippen LogP contribution in [0.25, 0.3) is 0 Å². The van der Waals surface area contributed by atoms with Gasteiger partial charge in [-0.3, -0.25) is 9.59 Å². The Morgan fingerprint density at radius 3 is 2.47 bits per heavy atom. The Hall–Kier alpha value is -2.00. The zero-order chi connectivity index (χ0) is 12.3. The molecule has 1 atom stereocenters. The summed E-state index contributed by atoms with van der Waals surface area (Å²) in [7, 11) is 0. The molecule has 0 aromatic heterocycles. The lowest BCUT2D eigenvalue weighted by Crippen LogP contribution is -2.15. The quantitative estimate of drug-likeness (QED) is 0.857. The predicted molar refractivity (Wildman–Crippen MR) is 63.3 cm³/mol. The number of allylic oxidation sites excluding steroid dienone is 3. The molecule has 1 unspecified atom stereocenters. The Labute approximate surface area is 99.1 Å². The summed E-state index contributed by atoms with van der Waals surface area (Å²) >= 11 is 0. The second-order valence-corrected chi connectivity index (χ2v) is 3.84. The Morgan fingerprint density at radius 2 is 1.88 bits per heavy atom. The van der Waals surface area contributed by atoms with Gasteiger partial charge >= 0.3 is 0 Å². The van der Waals surface area contributed by atoms with Gasteiger partial charge in [0.25, 0.3) is 0 Å². The summed E-state index contributed by atoms with van der Waals surface area (Å²) in [5.41, 5.74) is 0.949. The van der Waals surface area contributed by atoms with Crippen LogP contribution in [0.1, 0.15) is 18.1 Å². The van der Waals surface area contributed by atoms with Crippen LogP contribution >= 0.6 is 0 Å². The van der Waals surface area contributed by atoms with E-state index in [1.165, 1.54) is 12.2 Å². The standard InChI is InChI=1S/C14H12O3/c15-12-8-6-11(7-9-12)14(17)13(16)10-4-2-1-3-5-10/h1-8,13,16H,9H2. The first kappa shape index (κ1) is 11.5. The van der Waals surface area contributed by atoms with E-state index >= 15 is 0 Å². The van der Waals surface area contributed by atoms with Gasteiger partial charge in [-0.2, -0.15) is 0 Å². The highest BCUT2D eigenvalue weighted by Crippen LogP contribution is 2.20. The molecule has 2 rings (SSSR count). The van der Waals surface area contributed by atoms with E-state index in [0.717, 1.165) is 0 Å². The summed E-state index contributed by atoms with van der Waals surface area (Å²) in [5, 5.41) is 9.90. The van der Waals surface area contributed by atoms with Crippen LogP contribution in [0.4, 0.5) is 0 Å². The zero-order valence-electron chi connectivity index (χ0n) is 9.17. The maximum Gasteiger partial charge on any atom is 0.195 e. The van der Waals surface area contributed by atoms with E-state index in [0.29, 0.717) is 11.1 Å². The van der Waals surface area contributed by atoms with Gasteiger partial charge in [0.2, 0.25) is 0 Å². The van der Waals surface area contributed by atoms with E-state index in [9.17, 15) is 14.7 Å². The molecule has 0 amide bonds. The lowest BCUT2D eigenvalue weighted by Gasteiger charge is -2.12. The summed E-state index contributed by atoms with van der Waals surface area (Å²) in [6.07, 6.45) is 3.43. The van der Waals surface area contributed by atoms with Gasteiger partial charge in [0.1, 0.15) is 6.10 Å². The number of hydrogen-bond donors (Lipinski definition) is 1. The summed E-state index contributed by atoms with van der Waals surface area (Å²) in [5.74, 6) is -0.407. The largest absolute Gasteiger partial charge is 0.380 e. The summed E-state index contributed by atoms with van der Waals surface area (Å²) in [6, 6.07) is 8.74. The number of rotatable bonds is 3. The summed E-state index contributed by atoms with van der Waals surface area (Å²) < 4.78 is 0. The first-order valence-electron chi connectivity index (χ1n) is 5.37. The summed E-state index contributed by atoms with van der Waals surface area (Å²) in [6.45, 7) is 0. The average molecular weight is 228 g/mol. The molecule has 0 heterocycles. The van der Waals surface area contributed by atoms with Gasteiger partial charge in [-0.1, -0.05) is 36.4 Å². The van der Waals surface area contributed by atoms with Crippen LogP contribution in [0.15, 0.2) is 54.1 Å². The molecule has 0 aliphatic heterocycles. The zero-order valence-corrected chi connectivity index (χ0v) is 9.17. The van der Waals surface area contributed by atoms with E-state index in [4.69, 9.17) is 0 Å². The highest BCUT2D eigenvalue weighted by molar-refractivity contribution is 6.05. The van der Waals surface area contributed by atoms with Crippen LogP contribution in [0, 0.1) is 0 Å². The average Bonchev–Trinajstić information content (AvgIpc) is 2.39. The molecule has 0 saturated carbocycles. The molecule has 1 aromatic rings. The Bertz CT molecular complexity index is 497. The number of carbonyl (C=O) groups is 2. The van der Waals surface area contributed by atoms with Crippen molar-refractivity contribution in [3.05, 3.63) is 59.7 Å². The highest BCUT2D eigenvalue weighted by Gasteiger charge is 2.21. The fraction of sp³-hybridized carbons (Fsp3) is 0.143. The minimum Gasteiger partial charge on any atom is -0.380 e. The molecule has 3 nitrogen and oxygen atoms in total. The van der Waals surface area contributed by atoms with Crippen molar-refractivity contribution in [2.45, 2.75) is 12.5 Å². The van der Waals surface area contributed by atoms with E-state index < -0.39 is 6.10 Å². The molecule has 3 heteroatoms. The highest BCUT2D eigenvalue weighted by atomic mass is 16.3. The molecule has 17 heavy (non-hydrogen) atoms. The van der Waals surface area contributed by atoms with Gasteiger partial charge in [-0.05, 0) is 17.7 Å². The van der Waals surface area contributed by atoms with Gasteiger partial charge in [-0.25, -0.2) is 0 Å². The number of benzene rings is 1. The molecular formula is C14H12O3. The number of aliphatic hydroxyl groups excluding tert-OH is 1. The smallest absolute Gasteiger partial charge is 0.195 e. The number of Topliss-reactive ketones (excluding diaryl/α,β-unsaturated/α-hetero) is 1. The van der Waals surface area contributed by atoms with Crippen LogP contribution < -0.4 is 0 Å². The Balaban J connectivity index is 2.16. The van der Waals surface area contributed by atoms with Crippen molar-refractivity contribution >= 4 is 11.6 Å². The number of ketones is 2. The monoisotopic (exact) mass is 228 g/mol. The first-order valence-corrected chi connectivity index (χ1v) is 5.37. The molecule has 0 radical (unpaired) electrons. The lowest BCUT2D eigenvalue weighted by atomic mass is 9.96. The fourth-order valence-electron chi connectivity index (χ4n) is 1.66. The van der Waals surface area contributed by atoms with Crippen LogP contribution in [-0.4, -0.2) is 16.7 Å². The molecule has 0 fully saturated rings. The molecule has 0 bridgehead atoms. The second-order valence-electron chi connectivity index (χ2n) is 3.84. The van der Waals surface area contributed by atoms with E-state index in [2.05, 4.69) is 0 Å². The van der Waals surface area contributed by atoms with Gasteiger partial charge in [-0.15, -0.1) is 0 Å². The van der Waals surface area contributed by atoms with Crippen molar-refractivity contribution in [2.75, 3.05) is 0 Å². The van der Waals surface area contributed by atoms with E-state index in [1.54, 1.807) is 30.3 Å². The maximum atomic E-state index is 11.9. The molecule has 0 spiro atoms. The van der Waals surface area contributed by atoms with E-state index in [1.807, 2.05) is 6.07 Å². The van der Waals surface area contributed by atoms with Crippen molar-refractivity contribution in [1.29, 1.82) is 0 Å². The van der Waals surface area contributed by atoms with Crippen molar-refractivity contribution in [3.63, 3.8) is 0 Å². The minimum atomic E-state index is -1.17. The fourth-order valence-corrected chi connectivity index (χ4v) is 1.66. The second kappa shape index (κ2) is 4.89. The predicted octanol–water partition coefficient (Wildman–Crippen LogP) is 1.74. The third-order valence-corrected chi connectivity index (χ3v) is 2.62. The van der Waals surface area contributed by atoms with Crippen LogP contribution in [-0.2, 0) is 9.59 Å². The Morgan fingerprint density at radius 1 is 1.18 bits per heavy atom. The van der Waals surface area contributed by atoms with Crippen molar-refractivity contribution in [3.8, 4) is 0 Å². The SMILES string of the molecule is O=C1C=CC(C(=O)C(O)c2ccccc2)=CC1. The van der Waals surface area contributed by atoms with Crippen molar-refractivity contribution in [2.24, 2.45) is 0 Å². The Kier molecular flexibility index (Phi) is 3.30. The third-order valence-electron chi connectivity index (χ3n) is 2.62. The van der Waals surface area contributed by atoms with Crippen LogP contribution in [0.2, 0.25) is 0 Å². The number of hydrogen-bond acceptors (Lipinski definition) is 3. The summed E-state index contributed by atoms with van der Waals surface area (Å²) in [4.78, 5) is 22.9. The normalized spacial score (nSPS) is 16.5. The van der Waals surface area contributed by atoms with Gasteiger partial charge < -0.3 is 5.11 Å².